The molecule has 1 aliphatic rings. The summed E-state index contributed by atoms with van der Waals surface area (Å²) in [5.74, 6) is 0.0541. The zero-order chi connectivity index (χ0) is 24.9. The molecule has 3 aromatic carbocycles. The van der Waals surface area contributed by atoms with Crippen molar-refractivity contribution in [3.63, 3.8) is 0 Å². The van der Waals surface area contributed by atoms with E-state index in [9.17, 15) is 9.59 Å². The molecule has 0 atom stereocenters. The van der Waals surface area contributed by atoms with Gasteiger partial charge in [-0.15, -0.1) is 0 Å². The number of thioether (sulfide) groups is 1. The molecule has 35 heavy (non-hydrogen) atoms. The second kappa shape index (κ2) is 11.1. The zero-order valence-corrected chi connectivity index (χ0v) is 21.6. The van der Waals surface area contributed by atoms with Gasteiger partial charge in [0, 0.05) is 10.7 Å². The molecule has 1 fully saturated rings. The van der Waals surface area contributed by atoms with Crippen molar-refractivity contribution in [2.75, 3.05) is 16.8 Å². The monoisotopic (exact) mass is 522 g/mol. The number of ether oxygens (including phenoxy) is 1. The first-order valence-corrected chi connectivity index (χ1v) is 12.6. The summed E-state index contributed by atoms with van der Waals surface area (Å²) in [6.07, 6.45) is 2.71. The predicted octanol–water partition coefficient (Wildman–Crippen LogP) is 6.63. The number of benzene rings is 3. The molecule has 1 N–H and O–H groups in total. The van der Waals surface area contributed by atoms with Gasteiger partial charge in [-0.25, -0.2) is 0 Å². The van der Waals surface area contributed by atoms with Crippen LogP contribution in [0, 0.1) is 6.92 Å². The van der Waals surface area contributed by atoms with E-state index in [1.54, 1.807) is 35.2 Å². The molecular formula is C27H23ClN2O3S2. The van der Waals surface area contributed by atoms with Crippen LogP contribution < -0.4 is 15.0 Å². The van der Waals surface area contributed by atoms with Crippen LogP contribution in [0.3, 0.4) is 0 Å². The highest BCUT2D eigenvalue weighted by molar-refractivity contribution is 8.27. The Bertz CT molecular complexity index is 1320. The van der Waals surface area contributed by atoms with Gasteiger partial charge in [0.05, 0.1) is 10.6 Å². The van der Waals surface area contributed by atoms with Crippen molar-refractivity contribution in [3.05, 3.63) is 93.3 Å². The fraction of sp³-hybridized carbons (Fsp3) is 0.148. The van der Waals surface area contributed by atoms with Crippen molar-refractivity contribution in [2.24, 2.45) is 0 Å². The van der Waals surface area contributed by atoms with Crippen molar-refractivity contribution >= 4 is 69.2 Å². The molecule has 0 spiro atoms. The fourth-order valence-electron chi connectivity index (χ4n) is 3.43. The number of carbonyl (C=O) groups is 2. The number of hydrogen-bond acceptors (Lipinski definition) is 5. The van der Waals surface area contributed by atoms with Crippen LogP contribution in [0.25, 0.3) is 6.08 Å². The van der Waals surface area contributed by atoms with Crippen molar-refractivity contribution < 1.29 is 14.3 Å². The summed E-state index contributed by atoms with van der Waals surface area (Å²) in [6, 6.07) is 20.4. The summed E-state index contributed by atoms with van der Waals surface area (Å²) in [5, 5.41) is 3.35. The molecule has 0 aliphatic carbocycles. The van der Waals surface area contributed by atoms with E-state index in [4.69, 9.17) is 28.6 Å². The molecule has 8 heteroatoms. The van der Waals surface area contributed by atoms with Crippen LogP contribution in [0.2, 0.25) is 5.02 Å². The minimum absolute atomic E-state index is 0.160. The van der Waals surface area contributed by atoms with Crippen LogP contribution in [0.4, 0.5) is 11.4 Å². The van der Waals surface area contributed by atoms with Gasteiger partial charge in [-0.2, -0.15) is 0 Å². The molecule has 3 aromatic rings. The largest absolute Gasteiger partial charge is 0.484 e. The Balaban J connectivity index is 1.41. The quantitative estimate of drug-likeness (QED) is 0.278. The normalized spacial score (nSPS) is 14.5. The topological polar surface area (TPSA) is 58.6 Å². The van der Waals surface area contributed by atoms with Gasteiger partial charge < -0.3 is 10.1 Å². The van der Waals surface area contributed by atoms with Crippen LogP contribution in [0.15, 0.2) is 71.6 Å². The number of aryl methyl sites for hydroxylation is 2. The number of nitrogens with one attached hydrogen (secondary N) is 1. The molecule has 1 heterocycles. The maximum atomic E-state index is 13.0. The van der Waals surface area contributed by atoms with Gasteiger partial charge in [-0.3, -0.25) is 14.5 Å². The highest BCUT2D eigenvalue weighted by Gasteiger charge is 2.33. The third-order valence-corrected chi connectivity index (χ3v) is 7.09. The summed E-state index contributed by atoms with van der Waals surface area (Å²) in [4.78, 5) is 27.4. The van der Waals surface area contributed by atoms with Gasteiger partial charge in [0.15, 0.2) is 10.9 Å². The van der Waals surface area contributed by atoms with E-state index in [1.807, 2.05) is 49.4 Å². The maximum Gasteiger partial charge on any atom is 0.270 e. The van der Waals surface area contributed by atoms with E-state index >= 15 is 0 Å². The molecule has 2 amide bonds. The van der Waals surface area contributed by atoms with Crippen LogP contribution in [0.1, 0.15) is 23.6 Å². The number of carbonyl (C=O) groups excluding carboxylic acids is 2. The Kier molecular flexibility index (Phi) is 7.90. The van der Waals surface area contributed by atoms with E-state index in [0.717, 1.165) is 23.2 Å². The lowest BCUT2D eigenvalue weighted by atomic mass is 10.1. The number of thiocarbonyl (C=S) groups is 1. The fourth-order valence-corrected chi connectivity index (χ4v) is 4.91. The zero-order valence-electron chi connectivity index (χ0n) is 19.2. The number of anilines is 2. The summed E-state index contributed by atoms with van der Waals surface area (Å²) in [6.45, 7) is 3.82. The van der Waals surface area contributed by atoms with Gasteiger partial charge >= 0.3 is 0 Å². The first-order chi connectivity index (χ1) is 16.8. The van der Waals surface area contributed by atoms with E-state index < -0.39 is 0 Å². The predicted molar refractivity (Wildman–Crippen MR) is 148 cm³/mol. The van der Waals surface area contributed by atoms with Crippen LogP contribution in [-0.4, -0.2) is 22.7 Å². The van der Waals surface area contributed by atoms with Crippen molar-refractivity contribution in [3.8, 4) is 5.75 Å². The third kappa shape index (κ3) is 6.11. The lowest BCUT2D eigenvalue weighted by molar-refractivity contribution is -0.118. The molecule has 0 saturated carbocycles. The third-order valence-electron chi connectivity index (χ3n) is 5.38. The molecule has 1 aliphatic heterocycles. The SMILES string of the molecule is CCc1ccc(N2C(=O)/C(=C/c3cccc(OCC(=O)Nc4ccc(C)c(Cl)c4)c3)SC2=S)cc1. The Morgan fingerprint density at radius 3 is 2.63 bits per heavy atom. The summed E-state index contributed by atoms with van der Waals surface area (Å²) >= 11 is 12.8. The molecule has 0 unspecified atom stereocenters. The van der Waals surface area contributed by atoms with Gasteiger partial charge in [0.25, 0.3) is 11.8 Å². The summed E-state index contributed by atoms with van der Waals surface area (Å²) in [5.41, 5.74) is 4.27. The molecule has 1 saturated heterocycles. The molecule has 4 rings (SSSR count). The highest BCUT2D eigenvalue weighted by atomic mass is 35.5. The summed E-state index contributed by atoms with van der Waals surface area (Å²) in [7, 11) is 0. The van der Waals surface area contributed by atoms with Gasteiger partial charge in [0.2, 0.25) is 0 Å². The number of hydrogen-bond donors (Lipinski definition) is 1. The van der Waals surface area contributed by atoms with Crippen molar-refractivity contribution in [2.45, 2.75) is 20.3 Å². The minimum atomic E-state index is -0.301. The first-order valence-electron chi connectivity index (χ1n) is 11.0. The second-order valence-electron chi connectivity index (χ2n) is 7.91. The van der Waals surface area contributed by atoms with Crippen molar-refractivity contribution in [1.29, 1.82) is 0 Å². The van der Waals surface area contributed by atoms with Crippen LogP contribution in [-0.2, 0) is 16.0 Å². The number of amides is 2. The minimum Gasteiger partial charge on any atom is -0.484 e. The number of nitrogens with zero attached hydrogens (tertiary/aromatic N) is 1. The number of rotatable bonds is 7. The molecule has 5 nitrogen and oxygen atoms in total. The first kappa shape index (κ1) is 25.0. The second-order valence-corrected chi connectivity index (χ2v) is 9.99. The smallest absolute Gasteiger partial charge is 0.270 e. The Labute approximate surface area is 219 Å². The highest BCUT2D eigenvalue weighted by Crippen LogP contribution is 2.36. The van der Waals surface area contributed by atoms with E-state index in [0.29, 0.717) is 25.7 Å². The number of halogens is 1. The average molecular weight is 523 g/mol. The van der Waals surface area contributed by atoms with E-state index in [2.05, 4.69) is 12.2 Å². The van der Waals surface area contributed by atoms with Crippen LogP contribution >= 0.6 is 35.6 Å². The van der Waals surface area contributed by atoms with Gasteiger partial charge in [0.1, 0.15) is 5.75 Å². The van der Waals surface area contributed by atoms with Gasteiger partial charge in [-0.05, 0) is 72.5 Å². The molecule has 0 radical (unpaired) electrons. The molecule has 0 bridgehead atoms. The molecular weight excluding hydrogens is 500 g/mol. The average Bonchev–Trinajstić information content (AvgIpc) is 3.13. The van der Waals surface area contributed by atoms with Crippen molar-refractivity contribution in [1.82, 2.24) is 0 Å². The Morgan fingerprint density at radius 2 is 1.91 bits per heavy atom. The summed E-state index contributed by atoms with van der Waals surface area (Å²) < 4.78 is 6.15. The Morgan fingerprint density at radius 1 is 1.14 bits per heavy atom. The Hall–Kier alpha value is -3.13. The van der Waals surface area contributed by atoms with Crippen LogP contribution in [0.5, 0.6) is 5.75 Å². The maximum absolute atomic E-state index is 13.0. The van der Waals surface area contributed by atoms with Gasteiger partial charge in [-0.1, -0.05) is 72.8 Å². The standard InChI is InChI=1S/C27H23ClN2O3S2/c1-3-18-8-11-21(12-9-18)30-26(32)24(35-27(30)34)14-19-5-4-6-22(13-19)33-16-25(31)29-20-10-7-17(2)23(28)15-20/h4-15H,3,16H2,1-2H3,(H,29,31)/b24-14-. The molecule has 178 valence electrons. The molecule has 0 aromatic heterocycles. The lowest BCUT2D eigenvalue weighted by Crippen LogP contribution is -2.27. The van der Waals surface area contributed by atoms with E-state index in [1.165, 1.54) is 17.3 Å². The van der Waals surface area contributed by atoms with E-state index in [-0.39, 0.29) is 18.4 Å². The lowest BCUT2D eigenvalue weighted by Gasteiger charge is -2.14.